The van der Waals surface area contributed by atoms with Gasteiger partial charge in [-0.15, -0.1) is 0 Å². The predicted molar refractivity (Wildman–Crippen MR) is 149 cm³/mol. The Morgan fingerprint density at radius 2 is 1.53 bits per heavy atom. The number of fused-ring (bicyclic) bond motifs is 1. The van der Waals surface area contributed by atoms with Gasteiger partial charge in [0.2, 0.25) is 5.91 Å². The molecule has 2 aromatic rings. The molecule has 0 fully saturated rings. The monoisotopic (exact) mass is 539 g/mol. The normalized spacial score (nSPS) is 16.7. The lowest BCUT2D eigenvalue weighted by Crippen LogP contribution is -2.56. The van der Waals surface area contributed by atoms with Crippen molar-refractivity contribution in [1.29, 1.82) is 0 Å². The fourth-order valence-corrected chi connectivity index (χ4v) is 7.26. The lowest BCUT2D eigenvalue weighted by molar-refractivity contribution is -0.138. The molecule has 6 nitrogen and oxygen atoms in total. The highest BCUT2D eigenvalue weighted by molar-refractivity contribution is 8.29. The van der Waals surface area contributed by atoms with Crippen LogP contribution in [0.1, 0.15) is 30.5 Å². The number of anilines is 1. The SMILES string of the molecule is COC(=O)C1=C(C(=O)OC)SC(=C2C(=S)C(C)(C)N(C(=O)Cc3ccccc3)c3ccc(C)cc32)S1. The highest BCUT2D eigenvalue weighted by atomic mass is 32.2. The first-order valence-corrected chi connectivity index (χ1v) is 13.2. The Hall–Kier alpha value is -2.88. The van der Waals surface area contributed by atoms with E-state index < -0.39 is 17.5 Å². The average molecular weight is 540 g/mol. The van der Waals surface area contributed by atoms with Crippen molar-refractivity contribution in [1.82, 2.24) is 0 Å². The molecular formula is C27H25NO5S3. The summed E-state index contributed by atoms with van der Waals surface area (Å²) in [6, 6.07) is 15.5. The second-order valence-electron chi connectivity index (χ2n) is 8.81. The van der Waals surface area contributed by atoms with Gasteiger partial charge in [0.25, 0.3) is 0 Å². The summed E-state index contributed by atoms with van der Waals surface area (Å²) < 4.78 is 10.5. The van der Waals surface area contributed by atoms with Crippen molar-refractivity contribution >= 4 is 69.7 Å². The number of benzene rings is 2. The van der Waals surface area contributed by atoms with Gasteiger partial charge >= 0.3 is 11.9 Å². The summed E-state index contributed by atoms with van der Waals surface area (Å²) >= 11 is 8.30. The first kappa shape index (κ1) is 26.2. The number of ether oxygens (including phenoxy) is 2. The van der Waals surface area contributed by atoms with E-state index in [9.17, 15) is 14.4 Å². The van der Waals surface area contributed by atoms with Crippen molar-refractivity contribution in [2.24, 2.45) is 0 Å². The third-order valence-corrected chi connectivity index (χ3v) is 9.25. The van der Waals surface area contributed by atoms with Crippen LogP contribution in [0, 0.1) is 6.92 Å². The van der Waals surface area contributed by atoms with Crippen LogP contribution >= 0.6 is 35.7 Å². The van der Waals surface area contributed by atoms with Gasteiger partial charge in [0, 0.05) is 11.1 Å². The fraction of sp³-hybridized carbons (Fsp3) is 0.259. The standard InChI is InChI=1S/C27H25NO5S3/c1-15-11-12-18-17(13-15)20(26-35-21(24(30)32-4)22(36-26)25(31)33-5)23(34)27(2,3)28(18)19(29)14-16-9-7-6-8-10-16/h6-13H,14H2,1-5H3. The molecule has 0 unspecified atom stereocenters. The first-order chi connectivity index (χ1) is 17.1. The molecule has 2 aliphatic heterocycles. The Bertz CT molecular complexity index is 1310. The minimum Gasteiger partial charge on any atom is -0.465 e. The molecule has 1 amide bonds. The average Bonchev–Trinajstić information content (AvgIpc) is 3.29. The van der Waals surface area contributed by atoms with Gasteiger partial charge in [-0.2, -0.15) is 0 Å². The first-order valence-electron chi connectivity index (χ1n) is 11.1. The van der Waals surface area contributed by atoms with Gasteiger partial charge < -0.3 is 14.4 Å². The number of methoxy groups -OCH3 is 2. The number of hydrogen-bond donors (Lipinski definition) is 0. The largest absolute Gasteiger partial charge is 0.465 e. The second-order valence-corrected chi connectivity index (χ2v) is 11.5. The number of amides is 1. The zero-order chi connectivity index (χ0) is 26.2. The van der Waals surface area contributed by atoms with Crippen LogP contribution in [0.15, 0.2) is 62.6 Å². The third-order valence-electron chi connectivity index (χ3n) is 5.99. The topological polar surface area (TPSA) is 72.9 Å². The van der Waals surface area contributed by atoms with Gasteiger partial charge in [0.1, 0.15) is 9.81 Å². The summed E-state index contributed by atoms with van der Waals surface area (Å²) in [4.78, 5) is 41.2. The Morgan fingerprint density at radius 3 is 2.08 bits per heavy atom. The van der Waals surface area contributed by atoms with E-state index in [2.05, 4.69) is 0 Å². The maximum Gasteiger partial charge on any atom is 0.346 e. The zero-order valence-corrected chi connectivity index (χ0v) is 23.0. The molecule has 2 aliphatic rings. The van der Waals surface area contributed by atoms with Crippen LogP contribution in [0.5, 0.6) is 0 Å². The number of carbonyl (C=O) groups is 3. The Balaban J connectivity index is 1.86. The molecule has 0 bridgehead atoms. The van der Waals surface area contributed by atoms with Crippen LogP contribution in [-0.4, -0.2) is 42.5 Å². The number of hydrogen-bond acceptors (Lipinski definition) is 8. The second kappa shape index (κ2) is 10.2. The maximum absolute atomic E-state index is 13.7. The summed E-state index contributed by atoms with van der Waals surface area (Å²) in [5.41, 5.74) is 3.31. The van der Waals surface area contributed by atoms with Crippen molar-refractivity contribution in [3.8, 4) is 0 Å². The highest BCUT2D eigenvalue weighted by Gasteiger charge is 2.46. The van der Waals surface area contributed by atoms with Gasteiger partial charge in [0.05, 0.1) is 41.0 Å². The van der Waals surface area contributed by atoms with E-state index in [1.807, 2.05) is 69.3 Å². The van der Waals surface area contributed by atoms with Gasteiger partial charge in [-0.3, -0.25) is 4.79 Å². The Kier molecular flexibility index (Phi) is 7.45. The van der Waals surface area contributed by atoms with E-state index in [-0.39, 0.29) is 22.1 Å². The van der Waals surface area contributed by atoms with E-state index in [1.165, 1.54) is 14.2 Å². The van der Waals surface area contributed by atoms with Crippen molar-refractivity contribution in [3.05, 3.63) is 79.3 Å². The van der Waals surface area contributed by atoms with Crippen molar-refractivity contribution in [2.45, 2.75) is 32.7 Å². The number of nitrogens with zero attached hydrogens (tertiary/aromatic N) is 1. The molecule has 2 heterocycles. The number of esters is 2. The molecule has 0 N–H and O–H groups in total. The van der Waals surface area contributed by atoms with E-state index in [1.54, 1.807) is 4.90 Å². The summed E-state index contributed by atoms with van der Waals surface area (Å²) in [5.74, 6) is -1.31. The molecule has 9 heteroatoms. The lowest BCUT2D eigenvalue weighted by atomic mass is 9.82. The van der Waals surface area contributed by atoms with Gasteiger partial charge in [-0.05, 0) is 38.5 Å². The Labute approximate surface area is 224 Å². The molecule has 4 rings (SSSR count). The lowest BCUT2D eigenvalue weighted by Gasteiger charge is -2.45. The van der Waals surface area contributed by atoms with Crippen LogP contribution in [-0.2, 0) is 30.3 Å². The number of rotatable bonds is 4. The van der Waals surface area contributed by atoms with Crippen molar-refractivity contribution in [3.63, 3.8) is 0 Å². The van der Waals surface area contributed by atoms with Crippen LogP contribution < -0.4 is 4.90 Å². The number of carbonyl (C=O) groups excluding carboxylic acids is 3. The number of thioether (sulfide) groups is 2. The molecule has 0 radical (unpaired) electrons. The number of aryl methyl sites for hydroxylation is 1. The van der Waals surface area contributed by atoms with Crippen LogP contribution in [0.25, 0.3) is 5.57 Å². The maximum atomic E-state index is 13.7. The molecular weight excluding hydrogens is 515 g/mol. The molecule has 2 aromatic carbocycles. The highest BCUT2D eigenvalue weighted by Crippen LogP contribution is 2.56. The number of thiocarbonyl (C=S) groups is 1. The van der Waals surface area contributed by atoms with E-state index in [0.29, 0.717) is 9.10 Å². The van der Waals surface area contributed by atoms with Gasteiger partial charge in [-0.25, -0.2) is 9.59 Å². The molecule has 0 aliphatic carbocycles. The molecule has 186 valence electrons. The summed E-state index contributed by atoms with van der Waals surface area (Å²) in [6.45, 7) is 5.80. The van der Waals surface area contributed by atoms with Gasteiger partial charge in [-0.1, -0.05) is 77.7 Å². The summed E-state index contributed by atoms with van der Waals surface area (Å²) in [7, 11) is 2.54. The summed E-state index contributed by atoms with van der Waals surface area (Å²) in [6.07, 6.45) is 0.232. The minimum atomic E-state index is -0.841. The Morgan fingerprint density at radius 1 is 0.944 bits per heavy atom. The van der Waals surface area contributed by atoms with Crippen LogP contribution in [0.4, 0.5) is 5.69 Å². The van der Waals surface area contributed by atoms with Crippen molar-refractivity contribution < 1.29 is 23.9 Å². The van der Waals surface area contributed by atoms with Gasteiger partial charge in [0.15, 0.2) is 0 Å². The zero-order valence-electron chi connectivity index (χ0n) is 20.5. The quantitative estimate of drug-likeness (QED) is 0.289. The van der Waals surface area contributed by atoms with E-state index in [4.69, 9.17) is 21.7 Å². The molecule has 0 spiro atoms. The molecule has 0 aromatic heterocycles. The smallest absolute Gasteiger partial charge is 0.346 e. The third kappa shape index (κ3) is 4.63. The van der Waals surface area contributed by atoms with Crippen molar-refractivity contribution in [2.75, 3.05) is 19.1 Å². The van der Waals surface area contributed by atoms with Crippen LogP contribution in [0.2, 0.25) is 0 Å². The molecule has 0 atom stereocenters. The predicted octanol–water partition coefficient (Wildman–Crippen LogP) is 5.44. The minimum absolute atomic E-state index is 0.0712. The fourth-order valence-electron chi connectivity index (χ4n) is 4.23. The van der Waals surface area contributed by atoms with Crippen LogP contribution in [0.3, 0.4) is 0 Å². The molecule has 36 heavy (non-hydrogen) atoms. The van der Waals surface area contributed by atoms with E-state index >= 15 is 0 Å². The molecule has 0 saturated heterocycles. The summed E-state index contributed by atoms with van der Waals surface area (Å²) in [5, 5.41) is 0. The van der Waals surface area contributed by atoms with E-state index in [0.717, 1.165) is 51.5 Å². The molecule has 0 saturated carbocycles.